The molecule has 1 N–H and O–H groups in total. The van der Waals surface area contributed by atoms with Crippen LogP contribution in [-0.4, -0.2) is 62.6 Å². The average molecular weight is 348 g/mol. The van der Waals surface area contributed by atoms with Gasteiger partial charge in [0.2, 0.25) is 11.8 Å². The smallest absolute Gasteiger partial charge is 0.311 e. The molecule has 0 bridgehead atoms. The molecular formula is C17H24N4O4. The van der Waals surface area contributed by atoms with Crippen molar-refractivity contribution in [2.75, 3.05) is 20.1 Å². The van der Waals surface area contributed by atoms with Crippen LogP contribution in [-0.2, 0) is 21.4 Å². The van der Waals surface area contributed by atoms with Gasteiger partial charge in [0, 0.05) is 45.4 Å². The summed E-state index contributed by atoms with van der Waals surface area (Å²) in [4.78, 5) is 40.0. The van der Waals surface area contributed by atoms with Gasteiger partial charge in [0.05, 0.1) is 23.6 Å². The number of carboxylic acids is 1. The van der Waals surface area contributed by atoms with Crippen molar-refractivity contribution in [3.8, 4) is 0 Å². The first kappa shape index (κ1) is 17.4. The number of hydrogen-bond donors (Lipinski definition) is 1. The highest BCUT2D eigenvalue weighted by atomic mass is 16.4. The monoisotopic (exact) mass is 348 g/mol. The molecule has 2 amide bonds. The quantitative estimate of drug-likeness (QED) is 0.865. The lowest BCUT2D eigenvalue weighted by atomic mass is 9.84. The number of rotatable bonds is 3. The Morgan fingerprint density at radius 1 is 1.36 bits per heavy atom. The average Bonchev–Trinajstić information content (AvgIpc) is 3.16. The van der Waals surface area contributed by atoms with Crippen LogP contribution in [0.15, 0.2) is 12.4 Å². The highest BCUT2D eigenvalue weighted by Gasteiger charge is 2.46. The van der Waals surface area contributed by atoms with Crippen LogP contribution in [0.2, 0.25) is 0 Å². The van der Waals surface area contributed by atoms with Gasteiger partial charge < -0.3 is 14.9 Å². The van der Waals surface area contributed by atoms with Crippen LogP contribution in [0, 0.1) is 11.3 Å². The summed E-state index contributed by atoms with van der Waals surface area (Å²) in [6.45, 7) is 2.34. The van der Waals surface area contributed by atoms with Crippen LogP contribution in [0.1, 0.15) is 37.8 Å². The van der Waals surface area contributed by atoms with Gasteiger partial charge in [-0.2, -0.15) is 5.10 Å². The summed E-state index contributed by atoms with van der Waals surface area (Å²) in [6, 6.07) is -0.362. The maximum absolute atomic E-state index is 13.1. The number of carbonyl (C=O) groups is 3. The predicted octanol–water partition coefficient (Wildman–Crippen LogP) is 0.653. The molecule has 1 aromatic heterocycles. The summed E-state index contributed by atoms with van der Waals surface area (Å²) < 4.78 is 1.65. The molecular weight excluding hydrogens is 324 g/mol. The van der Waals surface area contributed by atoms with E-state index < -0.39 is 11.4 Å². The van der Waals surface area contributed by atoms with Gasteiger partial charge in [-0.3, -0.25) is 19.1 Å². The Hall–Kier alpha value is -2.38. The third-order valence-corrected chi connectivity index (χ3v) is 5.55. The first-order valence-electron chi connectivity index (χ1n) is 8.49. The number of carboxylic acid groups (broad SMARTS) is 1. The fourth-order valence-electron chi connectivity index (χ4n) is 3.90. The summed E-state index contributed by atoms with van der Waals surface area (Å²) in [7, 11) is 3.51. The predicted molar refractivity (Wildman–Crippen MR) is 88.4 cm³/mol. The van der Waals surface area contributed by atoms with Gasteiger partial charge in [-0.25, -0.2) is 0 Å². The van der Waals surface area contributed by atoms with E-state index in [1.807, 2.05) is 6.20 Å². The Morgan fingerprint density at radius 2 is 2.08 bits per heavy atom. The Bertz CT molecular complexity index is 715. The van der Waals surface area contributed by atoms with E-state index >= 15 is 0 Å². The van der Waals surface area contributed by atoms with Crippen LogP contribution in [0.5, 0.6) is 0 Å². The van der Waals surface area contributed by atoms with Gasteiger partial charge in [0.15, 0.2) is 0 Å². The second kappa shape index (κ2) is 6.16. The molecule has 25 heavy (non-hydrogen) atoms. The molecule has 3 unspecified atom stereocenters. The fraction of sp³-hybridized carbons (Fsp3) is 0.647. The molecule has 3 rings (SSSR count). The number of carbonyl (C=O) groups excluding carboxylic acids is 2. The van der Waals surface area contributed by atoms with Gasteiger partial charge in [-0.15, -0.1) is 0 Å². The molecule has 8 nitrogen and oxygen atoms in total. The molecule has 2 fully saturated rings. The second-order valence-electron chi connectivity index (χ2n) is 7.42. The SMILES string of the molecule is CN1C(=O)CCC(C(=O)N2CCC(C)(C(=O)O)C2)C1c1cnn(C)c1. The molecule has 0 spiro atoms. The van der Waals surface area contributed by atoms with Crippen molar-refractivity contribution >= 4 is 17.8 Å². The molecule has 1 aromatic rings. The van der Waals surface area contributed by atoms with Crippen LogP contribution >= 0.6 is 0 Å². The first-order valence-corrected chi connectivity index (χ1v) is 8.49. The second-order valence-corrected chi connectivity index (χ2v) is 7.42. The van der Waals surface area contributed by atoms with E-state index in [-0.39, 0.29) is 30.3 Å². The molecule has 0 radical (unpaired) electrons. The third kappa shape index (κ3) is 3.01. The minimum Gasteiger partial charge on any atom is -0.481 e. The lowest BCUT2D eigenvalue weighted by Gasteiger charge is -2.39. The summed E-state index contributed by atoms with van der Waals surface area (Å²) in [5.74, 6) is -1.31. The molecule has 8 heteroatoms. The van der Waals surface area contributed by atoms with E-state index in [0.717, 1.165) is 5.56 Å². The number of amides is 2. The van der Waals surface area contributed by atoms with E-state index in [1.54, 1.807) is 41.7 Å². The lowest BCUT2D eigenvalue weighted by Crippen LogP contribution is -2.47. The highest BCUT2D eigenvalue weighted by molar-refractivity contribution is 5.86. The van der Waals surface area contributed by atoms with Crippen LogP contribution in [0.4, 0.5) is 0 Å². The number of likely N-dealkylation sites (tertiary alicyclic amines) is 2. The van der Waals surface area contributed by atoms with Crippen molar-refractivity contribution in [1.29, 1.82) is 0 Å². The Morgan fingerprint density at radius 3 is 2.64 bits per heavy atom. The topological polar surface area (TPSA) is 95.7 Å². The summed E-state index contributed by atoms with van der Waals surface area (Å²) in [5.41, 5.74) is -0.0628. The van der Waals surface area contributed by atoms with Crippen molar-refractivity contribution in [1.82, 2.24) is 19.6 Å². The van der Waals surface area contributed by atoms with E-state index in [0.29, 0.717) is 25.8 Å². The van der Waals surface area contributed by atoms with Crippen molar-refractivity contribution in [2.45, 2.75) is 32.2 Å². The van der Waals surface area contributed by atoms with Crippen LogP contribution in [0.3, 0.4) is 0 Å². The van der Waals surface area contributed by atoms with Crippen molar-refractivity contribution in [3.63, 3.8) is 0 Å². The zero-order chi connectivity index (χ0) is 18.4. The highest BCUT2D eigenvalue weighted by Crippen LogP contribution is 2.39. The van der Waals surface area contributed by atoms with E-state index in [2.05, 4.69) is 5.10 Å². The Balaban J connectivity index is 1.85. The molecule has 0 aliphatic carbocycles. The summed E-state index contributed by atoms with van der Waals surface area (Å²) in [5, 5.41) is 13.6. The van der Waals surface area contributed by atoms with Gasteiger partial charge >= 0.3 is 5.97 Å². The van der Waals surface area contributed by atoms with Gasteiger partial charge in [-0.05, 0) is 19.8 Å². The number of nitrogens with zero attached hydrogens (tertiary/aromatic N) is 4. The van der Waals surface area contributed by atoms with Crippen molar-refractivity contribution < 1.29 is 19.5 Å². The van der Waals surface area contributed by atoms with Crippen molar-refractivity contribution in [2.24, 2.45) is 18.4 Å². The molecule has 2 aliphatic rings. The molecule has 136 valence electrons. The van der Waals surface area contributed by atoms with E-state index in [1.165, 1.54) is 0 Å². The normalized spacial score (nSPS) is 30.0. The fourth-order valence-corrected chi connectivity index (χ4v) is 3.90. The van der Waals surface area contributed by atoms with Crippen LogP contribution in [0.25, 0.3) is 0 Å². The number of piperidine rings is 1. The molecule has 0 aromatic carbocycles. The number of aromatic nitrogens is 2. The Labute approximate surface area is 146 Å². The summed E-state index contributed by atoms with van der Waals surface area (Å²) in [6.07, 6.45) is 4.76. The van der Waals surface area contributed by atoms with Crippen molar-refractivity contribution in [3.05, 3.63) is 18.0 Å². The maximum Gasteiger partial charge on any atom is 0.311 e. The summed E-state index contributed by atoms with van der Waals surface area (Å²) >= 11 is 0. The number of aryl methyl sites for hydroxylation is 1. The Kier molecular flexibility index (Phi) is 4.30. The standard InChI is InChI=1S/C17H24N4O4/c1-17(16(24)25)6-7-21(10-17)15(23)12-4-5-13(22)20(3)14(12)11-8-18-19(2)9-11/h8-9,12,14H,4-7,10H2,1-3H3,(H,24,25). The zero-order valence-corrected chi connectivity index (χ0v) is 14.8. The lowest BCUT2D eigenvalue weighted by molar-refractivity contribution is -0.148. The zero-order valence-electron chi connectivity index (χ0n) is 14.8. The van der Waals surface area contributed by atoms with Gasteiger partial charge in [0.1, 0.15) is 0 Å². The minimum absolute atomic E-state index is 0.00898. The number of hydrogen-bond acceptors (Lipinski definition) is 4. The molecule has 2 saturated heterocycles. The van der Waals surface area contributed by atoms with E-state index in [4.69, 9.17) is 0 Å². The molecule has 3 atom stereocenters. The minimum atomic E-state index is -0.893. The third-order valence-electron chi connectivity index (χ3n) is 5.55. The largest absolute Gasteiger partial charge is 0.481 e. The maximum atomic E-state index is 13.1. The van der Waals surface area contributed by atoms with Crippen LogP contribution < -0.4 is 0 Å². The number of aliphatic carboxylic acids is 1. The molecule has 0 saturated carbocycles. The molecule has 2 aliphatic heterocycles. The molecule has 3 heterocycles. The van der Waals surface area contributed by atoms with Gasteiger partial charge in [0.25, 0.3) is 0 Å². The first-order chi connectivity index (χ1) is 11.7. The van der Waals surface area contributed by atoms with E-state index in [9.17, 15) is 19.5 Å². The van der Waals surface area contributed by atoms with Gasteiger partial charge in [-0.1, -0.05) is 0 Å².